The predicted octanol–water partition coefficient (Wildman–Crippen LogP) is 2.18. The molecule has 0 saturated heterocycles. The van der Waals surface area contributed by atoms with Crippen LogP contribution in [-0.4, -0.2) is 48.7 Å². The Bertz CT molecular complexity index is 294. The van der Waals surface area contributed by atoms with Crippen LogP contribution in [0.2, 0.25) is 0 Å². The lowest BCUT2D eigenvalue weighted by atomic mass is 9.96. The monoisotopic (exact) mass is 270 g/mol. The molecular weight excluding hydrogens is 240 g/mol. The lowest BCUT2D eigenvalue weighted by Gasteiger charge is -2.32. The number of carbonyl (C=O) groups is 1. The number of hydrogen-bond acceptors (Lipinski definition) is 4. The van der Waals surface area contributed by atoms with Gasteiger partial charge in [0, 0.05) is 12.1 Å². The molecule has 0 bridgehead atoms. The molecule has 0 aliphatic heterocycles. The first-order valence-electron chi connectivity index (χ1n) is 7.61. The van der Waals surface area contributed by atoms with E-state index in [0.717, 1.165) is 32.2 Å². The molecule has 0 aromatic carbocycles. The molecule has 0 amide bonds. The van der Waals surface area contributed by atoms with Gasteiger partial charge in [0.1, 0.15) is 5.54 Å². The number of rotatable bonds is 7. The van der Waals surface area contributed by atoms with E-state index in [1.807, 2.05) is 6.92 Å². The molecule has 1 rings (SSSR count). The van der Waals surface area contributed by atoms with Crippen molar-refractivity contribution in [1.82, 2.24) is 10.2 Å². The van der Waals surface area contributed by atoms with Gasteiger partial charge in [-0.1, -0.05) is 6.92 Å². The molecule has 0 heterocycles. The van der Waals surface area contributed by atoms with E-state index in [4.69, 9.17) is 4.74 Å². The second-order valence-electron chi connectivity index (χ2n) is 5.89. The van der Waals surface area contributed by atoms with Gasteiger partial charge in [0.05, 0.1) is 6.61 Å². The fourth-order valence-electron chi connectivity index (χ4n) is 2.84. The minimum Gasteiger partial charge on any atom is -0.465 e. The number of carbonyl (C=O) groups excluding carboxylic acids is 1. The first-order valence-corrected chi connectivity index (χ1v) is 7.61. The van der Waals surface area contributed by atoms with Crippen LogP contribution in [0.1, 0.15) is 53.4 Å². The Hall–Kier alpha value is -0.610. The molecule has 1 aliphatic carbocycles. The molecule has 1 saturated carbocycles. The van der Waals surface area contributed by atoms with Gasteiger partial charge in [-0.2, -0.15) is 0 Å². The van der Waals surface area contributed by atoms with Gasteiger partial charge < -0.3 is 15.0 Å². The topological polar surface area (TPSA) is 41.6 Å². The maximum absolute atomic E-state index is 12.3. The molecular formula is C15H30N2O2. The largest absolute Gasteiger partial charge is 0.465 e. The van der Waals surface area contributed by atoms with Crippen LogP contribution < -0.4 is 5.32 Å². The van der Waals surface area contributed by atoms with Crippen LogP contribution in [0.4, 0.5) is 0 Å². The summed E-state index contributed by atoms with van der Waals surface area (Å²) in [5.74, 6) is -0.0666. The molecule has 1 N–H and O–H groups in total. The average molecular weight is 270 g/mol. The zero-order valence-electron chi connectivity index (χ0n) is 13.2. The highest BCUT2D eigenvalue weighted by Gasteiger charge is 2.47. The molecule has 4 nitrogen and oxygen atoms in total. The number of nitrogens with zero attached hydrogens (tertiary/aromatic N) is 1. The van der Waals surface area contributed by atoms with Gasteiger partial charge >= 0.3 is 5.97 Å². The molecule has 1 fully saturated rings. The normalized spacial score (nSPS) is 27.2. The highest BCUT2D eigenvalue weighted by Crippen LogP contribution is 2.34. The average Bonchev–Trinajstić information content (AvgIpc) is 2.81. The van der Waals surface area contributed by atoms with Gasteiger partial charge in [-0.05, 0) is 60.0 Å². The standard InChI is InChI=1S/C15H30N2O2/c1-6-10-16-15(14(18)19-7-2)9-8-13(11-15)17(5)12(3)4/h12-13,16H,6-11H2,1-5H3. The molecule has 0 aromatic heterocycles. The minimum absolute atomic E-state index is 0.0666. The summed E-state index contributed by atoms with van der Waals surface area (Å²) in [6, 6.07) is 0.975. The van der Waals surface area contributed by atoms with Crippen LogP contribution in [-0.2, 0) is 9.53 Å². The maximum Gasteiger partial charge on any atom is 0.326 e. The Morgan fingerprint density at radius 1 is 1.47 bits per heavy atom. The Labute approximate surface area is 117 Å². The molecule has 0 radical (unpaired) electrons. The van der Waals surface area contributed by atoms with Crippen LogP contribution in [0.25, 0.3) is 0 Å². The molecule has 4 heteroatoms. The third-order valence-corrected chi connectivity index (χ3v) is 4.26. The maximum atomic E-state index is 12.3. The zero-order valence-corrected chi connectivity index (χ0v) is 13.2. The number of hydrogen-bond donors (Lipinski definition) is 1. The third-order valence-electron chi connectivity index (χ3n) is 4.26. The number of nitrogens with one attached hydrogen (secondary N) is 1. The van der Waals surface area contributed by atoms with Crippen LogP contribution >= 0.6 is 0 Å². The van der Waals surface area contributed by atoms with Gasteiger partial charge in [-0.15, -0.1) is 0 Å². The van der Waals surface area contributed by atoms with Gasteiger partial charge in [0.25, 0.3) is 0 Å². The quantitative estimate of drug-likeness (QED) is 0.720. The summed E-state index contributed by atoms with van der Waals surface area (Å²) < 4.78 is 5.29. The van der Waals surface area contributed by atoms with Crippen molar-refractivity contribution in [3.05, 3.63) is 0 Å². The zero-order chi connectivity index (χ0) is 14.5. The molecule has 1 aliphatic rings. The number of esters is 1. The van der Waals surface area contributed by atoms with Crippen molar-refractivity contribution >= 4 is 5.97 Å². The summed E-state index contributed by atoms with van der Waals surface area (Å²) in [4.78, 5) is 14.7. The van der Waals surface area contributed by atoms with Crippen LogP contribution in [0.3, 0.4) is 0 Å². The summed E-state index contributed by atoms with van der Waals surface area (Å²) in [6.45, 7) is 9.72. The first kappa shape index (κ1) is 16.4. The van der Waals surface area contributed by atoms with E-state index in [9.17, 15) is 4.79 Å². The Morgan fingerprint density at radius 2 is 2.16 bits per heavy atom. The fraction of sp³-hybridized carbons (Fsp3) is 0.933. The van der Waals surface area contributed by atoms with Gasteiger partial charge in [0.2, 0.25) is 0 Å². The van der Waals surface area contributed by atoms with Crippen molar-refractivity contribution in [1.29, 1.82) is 0 Å². The molecule has 2 unspecified atom stereocenters. The van der Waals surface area contributed by atoms with E-state index in [1.165, 1.54) is 0 Å². The van der Waals surface area contributed by atoms with E-state index in [1.54, 1.807) is 0 Å². The molecule has 0 spiro atoms. The van der Waals surface area contributed by atoms with E-state index in [0.29, 0.717) is 18.7 Å². The lowest BCUT2D eigenvalue weighted by Crippen LogP contribution is -2.52. The van der Waals surface area contributed by atoms with Crippen molar-refractivity contribution in [2.24, 2.45) is 0 Å². The summed E-state index contributed by atoms with van der Waals surface area (Å²) in [6.07, 6.45) is 3.84. The second kappa shape index (κ2) is 7.25. The summed E-state index contributed by atoms with van der Waals surface area (Å²) >= 11 is 0. The van der Waals surface area contributed by atoms with E-state index in [2.05, 4.69) is 38.0 Å². The highest BCUT2D eigenvalue weighted by molar-refractivity contribution is 5.81. The van der Waals surface area contributed by atoms with Crippen LogP contribution in [0, 0.1) is 0 Å². The smallest absolute Gasteiger partial charge is 0.326 e. The number of ether oxygens (including phenoxy) is 1. The van der Waals surface area contributed by atoms with E-state index < -0.39 is 5.54 Å². The third kappa shape index (κ3) is 3.93. The fourth-order valence-corrected chi connectivity index (χ4v) is 2.84. The Morgan fingerprint density at radius 3 is 2.68 bits per heavy atom. The predicted molar refractivity (Wildman–Crippen MR) is 78.2 cm³/mol. The van der Waals surface area contributed by atoms with Crippen molar-refractivity contribution < 1.29 is 9.53 Å². The molecule has 19 heavy (non-hydrogen) atoms. The summed E-state index contributed by atoms with van der Waals surface area (Å²) in [5, 5.41) is 3.45. The van der Waals surface area contributed by atoms with Crippen molar-refractivity contribution in [2.75, 3.05) is 20.2 Å². The molecule has 112 valence electrons. The molecule has 0 aromatic rings. The summed E-state index contributed by atoms with van der Waals surface area (Å²) in [7, 11) is 2.15. The van der Waals surface area contributed by atoms with E-state index in [-0.39, 0.29) is 5.97 Å². The second-order valence-corrected chi connectivity index (χ2v) is 5.89. The Balaban J connectivity index is 2.75. The van der Waals surface area contributed by atoms with Crippen LogP contribution in [0.5, 0.6) is 0 Å². The van der Waals surface area contributed by atoms with Gasteiger partial charge in [-0.3, -0.25) is 4.79 Å². The van der Waals surface area contributed by atoms with E-state index >= 15 is 0 Å². The summed E-state index contributed by atoms with van der Waals surface area (Å²) in [5.41, 5.74) is -0.458. The highest BCUT2D eigenvalue weighted by atomic mass is 16.5. The van der Waals surface area contributed by atoms with Crippen LogP contribution in [0.15, 0.2) is 0 Å². The minimum atomic E-state index is -0.458. The van der Waals surface area contributed by atoms with Gasteiger partial charge in [-0.25, -0.2) is 0 Å². The Kier molecular flexibility index (Phi) is 6.27. The first-order chi connectivity index (χ1) is 8.96. The van der Waals surface area contributed by atoms with Crippen molar-refractivity contribution in [3.8, 4) is 0 Å². The van der Waals surface area contributed by atoms with Crippen molar-refractivity contribution in [2.45, 2.75) is 71.0 Å². The molecule has 2 atom stereocenters. The SMILES string of the molecule is CCCNC1(C(=O)OCC)CCC(N(C)C(C)C)C1. The lowest BCUT2D eigenvalue weighted by molar-refractivity contribution is -0.151. The van der Waals surface area contributed by atoms with Gasteiger partial charge in [0.15, 0.2) is 0 Å². The van der Waals surface area contributed by atoms with Crippen molar-refractivity contribution in [3.63, 3.8) is 0 Å².